The number of halogens is 1. The van der Waals surface area contributed by atoms with Gasteiger partial charge in [0.2, 0.25) is 11.8 Å². The van der Waals surface area contributed by atoms with Crippen LogP contribution in [0.25, 0.3) is 0 Å². The molecule has 182 valence electrons. The van der Waals surface area contributed by atoms with Crippen molar-refractivity contribution >= 4 is 46.9 Å². The highest BCUT2D eigenvalue weighted by atomic mass is 35.5. The Bertz CT molecular complexity index is 1200. The summed E-state index contributed by atoms with van der Waals surface area (Å²) in [6.45, 7) is 1.42. The minimum Gasteiger partial charge on any atom is -0.452 e. The molecule has 0 aromatic heterocycles. The van der Waals surface area contributed by atoms with Crippen LogP contribution >= 0.6 is 11.6 Å². The predicted octanol–water partition coefficient (Wildman–Crippen LogP) is 2.88. The lowest BCUT2D eigenvalue weighted by Crippen LogP contribution is -2.43. The van der Waals surface area contributed by atoms with Crippen molar-refractivity contribution in [2.24, 2.45) is 17.8 Å². The molecular weight excluding hydrogens is 474 g/mol. The van der Waals surface area contributed by atoms with Crippen LogP contribution in [0.5, 0.6) is 0 Å². The zero-order valence-electron chi connectivity index (χ0n) is 19.0. The van der Waals surface area contributed by atoms with Crippen LogP contribution < -0.4 is 15.8 Å². The van der Waals surface area contributed by atoms with Gasteiger partial charge in [-0.15, -0.1) is 0 Å². The van der Waals surface area contributed by atoms with E-state index in [4.69, 9.17) is 16.3 Å². The number of carbonyl (C=O) groups is 5. The van der Waals surface area contributed by atoms with Crippen LogP contribution in [0.1, 0.15) is 46.9 Å². The predicted molar refractivity (Wildman–Crippen MR) is 126 cm³/mol. The molecule has 0 spiro atoms. The molecule has 9 nitrogen and oxygen atoms in total. The molecule has 0 bridgehead atoms. The average Bonchev–Trinajstić information content (AvgIpc) is 3.10. The average molecular weight is 498 g/mol. The van der Waals surface area contributed by atoms with Crippen LogP contribution in [-0.4, -0.2) is 36.2 Å². The Hall–Kier alpha value is -3.72. The highest BCUT2D eigenvalue weighted by Gasteiger charge is 2.50. The van der Waals surface area contributed by atoms with Crippen LogP contribution in [0.4, 0.5) is 5.69 Å². The van der Waals surface area contributed by atoms with Gasteiger partial charge in [0.1, 0.15) is 0 Å². The molecule has 3 atom stereocenters. The van der Waals surface area contributed by atoms with Gasteiger partial charge in [-0.05, 0) is 55.5 Å². The van der Waals surface area contributed by atoms with Crippen molar-refractivity contribution in [2.75, 3.05) is 11.5 Å². The van der Waals surface area contributed by atoms with E-state index in [1.807, 2.05) is 0 Å². The number of esters is 1. The van der Waals surface area contributed by atoms with Crippen LogP contribution in [0.3, 0.4) is 0 Å². The molecular formula is C25H24ClN3O6. The topological polar surface area (TPSA) is 122 Å². The molecule has 0 unspecified atom stereocenters. The monoisotopic (exact) mass is 497 g/mol. The lowest BCUT2D eigenvalue weighted by atomic mass is 9.76. The van der Waals surface area contributed by atoms with Crippen molar-refractivity contribution in [2.45, 2.75) is 26.2 Å². The van der Waals surface area contributed by atoms with Crippen LogP contribution in [0, 0.1) is 17.8 Å². The van der Waals surface area contributed by atoms with Gasteiger partial charge in [-0.3, -0.25) is 34.9 Å². The number of hydrogen-bond acceptors (Lipinski definition) is 6. The standard InChI is InChI=1S/C25H24ClN3O6/c1-14-9-10-17-19(11-14)24(33)29(23(17)32)16-6-4-5-15(12-16)25(34)35-13-21(30)27-28-22(31)18-7-2-3-8-20(18)26/h2-8,12,14,17,19H,9-11,13H2,1H3,(H,27,30)(H,28,31)/t14-,17-,19+/m1/s1. The molecule has 0 radical (unpaired) electrons. The first-order valence-corrected chi connectivity index (χ1v) is 11.6. The smallest absolute Gasteiger partial charge is 0.338 e. The van der Waals surface area contributed by atoms with E-state index in [0.717, 1.165) is 11.3 Å². The molecule has 4 rings (SSSR count). The van der Waals surface area contributed by atoms with Crippen LogP contribution in [0.15, 0.2) is 48.5 Å². The van der Waals surface area contributed by atoms with Crippen molar-refractivity contribution < 1.29 is 28.7 Å². The fourth-order valence-electron chi connectivity index (χ4n) is 4.51. The van der Waals surface area contributed by atoms with Crippen LogP contribution in [0.2, 0.25) is 5.02 Å². The second kappa shape index (κ2) is 10.3. The van der Waals surface area contributed by atoms with E-state index in [-0.39, 0.29) is 39.8 Å². The third-order valence-electron chi connectivity index (χ3n) is 6.30. The summed E-state index contributed by atoms with van der Waals surface area (Å²) in [4.78, 5) is 63.5. The molecule has 2 aromatic rings. The van der Waals surface area contributed by atoms with Crippen molar-refractivity contribution in [1.29, 1.82) is 0 Å². The summed E-state index contributed by atoms with van der Waals surface area (Å²) in [5.41, 5.74) is 4.89. The molecule has 10 heteroatoms. The van der Waals surface area contributed by atoms with Gasteiger partial charge in [-0.2, -0.15) is 0 Å². The van der Waals surface area contributed by atoms with Gasteiger partial charge in [0.25, 0.3) is 11.8 Å². The fraction of sp³-hybridized carbons (Fsp3) is 0.320. The van der Waals surface area contributed by atoms with E-state index in [1.54, 1.807) is 24.3 Å². The summed E-state index contributed by atoms with van der Waals surface area (Å²) < 4.78 is 5.01. The van der Waals surface area contributed by atoms with E-state index >= 15 is 0 Å². The molecule has 1 heterocycles. The molecule has 1 saturated heterocycles. The van der Waals surface area contributed by atoms with E-state index in [9.17, 15) is 24.0 Å². The number of nitrogens with zero attached hydrogens (tertiary/aromatic N) is 1. The quantitative estimate of drug-likeness (QED) is 0.372. The number of nitrogens with one attached hydrogen (secondary N) is 2. The second-order valence-corrected chi connectivity index (χ2v) is 9.16. The van der Waals surface area contributed by atoms with Gasteiger partial charge >= 0.3 is 5.97 Å². The summed E-state index contributed by atoms with van der Waals surface area (Å²) in [7, 11) is 0. The van der Waals surface area contributed by atoms with Crippen molar-refractivity contribution in [3.05, 3.63) is 64.7 Å². The number of anilines is 1. The molecule has 4 amide bonds. The zero-order chi connectivity index (χ0) is 25.1. The van der Waals surface area contributed by atoms with Gasteiger partial charge in [-0.25, -0.2) is 4.79 Å². The SMILES string of the molecule is C[C@@H]1CC[C@H]2C(=O)N(c3cccc(C(=O)OCC(=O)NNC(=O)c4ccccc4Cl)c3)C(=O)[C@H]2C1. The number of hydrazine groups is 1. The van der Waals surface area contributed by atoms with Crippen molar-refractivity contribution in [3.8, 4) is 0 Å². The third-order valence-corrected chi connectivity index (χ3v) is 6.63. The maximum Gasteiger partial charge on any atom is 0.338 e. The first-order valence-electron chi connectivity index (χ1n) is 11.2. The first kappa shape index (κ1) is 24.4. The van der Waals surface area contributed by atoms with Gasteiger partial charge < -0.3 is 4.74 Å². The molecule has 2 aliphatic rings. The van der Waals surface area contributed by atoms with Crippen molar-refractivity contribution in [1.82, 2.24) is 10.9 Å². The summed E-state index contributed by atoms with van der Waals surface area (Å²) >= 11 is 5.94. The molecule has 2 fully saturated rings. The summed E-state index contributed by atoms with van der Waals surface area (Å²) in [5, 5.41) is 0.217. The number of amides is 4. The van der Waals surface area contributed by atoms with Gasteiger partial charge in [0, 0.05) is 0 Å². The first-order chi connectivity index (χ1) is 16.8. The molecule has 1 aliphatic carbocycles. The van der Waals surface area contributed by atoms with Gasteiger partial charge in [-0.1, -0.05) is 36.7 Å². The van der Waals surface area contributed by atoms with E-state index < -0.39 is 24.4 Å². The minimum atomic E-state index is -0.815. The normalized spacial score (nSPS) is 21.3. The molecule has 1 saturated carbocycles. The fourth-order valence-corrected chi connectivity index (χ4v) is 4.73. The summed E-state index contributed by atoms with van der Waals surface area (Å²) in [5.74, 6) is -2.96. The van der Waals surface area contributed by atoms with Gasteiger partial charge in [0.05, 0.1) is 33.7 Å². The number of imide groups is 1. The molecule has 2 N–H and O–H groups in total. The number of fused-ring (bicyclic) bond motifs is 1. The Balaban J connectivity index is 1.34. The number of rotatable bonds is 5. The Morgan fingerprint density at radius 2 is 1.74 bits per heavy atom. The number of ether oxygens (including phenoxy) is 1. The maximum atomic E-state index is 12.9. The Morgan fingerprint density at radius 1 is 1.00 bits per heavy atom. The minimum absolute atomic E-state index is 0.0826. The molecule has 2 aromatic carbocycles. The lowest BCUT2D eigenvalue weighted by molar-refractivity contribution is -0.125. The Kier molecular flexibility index (Phi) is 7.16. The van der Waals surface area contributed by atoms with E-state index in [1.165, 1.54) is 24.3 Å². The molecule has 1 aliphatic heterocycles. The second-order valence-electron chi connectivity index (χ2n) is 8.75. The van der Waals surface area contributed by atoms with E-state index in [2.05, 4.69) is 17.8 Å². The Labute approximate surface area is 206 Å². The number of carbonyl (C=O) groups excluding carboxylic acids is 5. The third kappa shape index (κ3) is 5.19. The number of hydrogen-bond donors (Lipinski definition) is 2. The highest BCUT2D eigenvalue weighted by molar-refractivity contribution is 6.33. The number of benzene rings is 2. The summed E-state index contributed by atoms with van der Waals surface area (Å²) in [6, 6.07) is 12.3. The highest BCUT2D eigenvalue weighted by Crippen LogP contribution is 2.42. The Morgan fingerprint density at radius 3 is 2.51 bits per heavy atom. The van der Waals surface area contributed by atoms with Gasteiger partial charge in [0.15, 0.2) is 6.61 Å². The molecule has 35 heavy (non-hydrogen) atoms. The summed E-state index contributed by atoms with van der Waals surface area (Å²) in [6.07, 6.45) is 2.26. The van der Waals surface area contributed by atoms with Crippen LogP contribution in [-0.2, 0) is 19.1 Å². The largest absolute Gasteiger partial charge is 0.452 e. The van der Waals surface area contributed by atoms with E-state index in [0.29, 0.717) is 24.4 Å². The lowest BCUT2D eigenvalue weighted by Gasteiger charge is -2.25. The zero-order valence-corrected chi connectivity index (χ0v) is 19.7. The maximum absolute atomic E-state index is 12.9. The van der Waals surface area contributed by atoms with Crippen molar-refractivity contribution in [3.63, 3.8) is 0 Å².